The molecule has 2 rings (SSSR count). The van der Waals surface area contributed by atoms with Crippen LogP contribution in [0.15, 0.2) is 12.1 Å². The van der Waals surface area contributed by atoms with E-state index < -0.39 is 0 Å². The first-order chi connectivity index (χ1) is 8.07. The zero-order chi connectivity index (χ0) is 12.6. The molecule has 1 aromatic heterocycles. The van der Waals surface area contributed by atoms with Crippen LogP contribution in [-0.4, -0.2) is 4.57 Å². The van der Waals surface area contributed by atoms with Crippen molar-refractivity contribution in [3.8, 4) is 6.07 Å². The van der Waals surface area contributed by atoms with E-state index in [9.17, 15) is 0 Å². The molecule has 88 valence electrons. The van der Waals surface area contributed by atoms with Crippen LogP contribution in [0.3, 0.4) is 0 Å². The zero-order valence-electron chi connectivity index (χ0n) is 11.0. The second-order valence-electron chi connectivity index (χ2n) is 4.70. The first kappa shape index (κ1) is 11.7. The Morgan fingerprint density at radius 1 is 1.18 bits per heavy atom. The average Bonchev–Trinajstić information content (AvgIpc) is 2.56. The van der Waals surface area contributed by atoms with Gasteiger partial charge in [-0.05, 0) is 43.9 Å². The SMILES string of the molecule is Cc1ccc(C)c2c1c(CCC#N)c(C)n2C. The molecule has 0 aliphatic rings. The summed E-state index contributed by atoms with van der Waals surface area (Å²) in [6.07, 6.45) is 1.44. The quantitative estimate of drug-likeness (QED) is 0.769. The third-order valence-electron chi connectivity index (χ3n) is 3.65. The molecule has 1 aromatic carbocycles. The minimum atomic E-state index is 0.591. The van der Waals surface area contributed by atoms with Crippen molar-refractivity contribution in [1.82, 2.24) is 4.57 Å². The predicted octanol–water partition coefficient (Wildman–Crippen LogP) is 3.56. The lowest BCUT2D eigenvalue weighted by Gasteiger charge is -2.04. The van der Waals surface area contributed by atoms with Gasteiger partial charge in [-0.25, -0.2) is 0 Å². The van der Waals surface area contributed by atoms with Gasteiger partial charge in [0.05, 0.1) is 11.6 Å². The number of nitriles is 1. The van der Waals surface area contributed by atoms with Crippen molar-refractivity contribution in [3.63, 3.8) is 0 Å². The van der Waals surface area contributed by atoms with Gasteiger partial charge in [-0.15, -0.1) is 0 Å². The largest absolute Gasteiger partial charge is 0.347 e. The first-order valence-electron chi connectivity index (χ1n) is 5.99. The van der Waals surface area contributed by atoms with Crippen LogP contribution >= 0.6 is 0 Å². The van der Waals surface area contributed by atoms with Crippen molar-refractivity contribution >= 4 is 10.9 Å². The molecule has 0 unspecified atom stereocenters. The topological polar surface area (TPSA) is 28.7 Å². The van der Waals surface area contributed by atoms with E-state index >= 15 is 0 Å². The van der Waals surface area contributed by atoms with Gasteiger partial charge in [0.25, 0.3) is 0 Å². The van der Waals surface area contributed by atoms with Gasteiger partial charge < -0.3 is 4.57 Å². The van der Waals surface area contributed by atoms with E-state index in [1.165, 1.54) is 33.3 Å². The molecule has 0 aliphatic carbocycles. The highest BCUT2D eigenvalue weighted by Gasteiger charge is 2.14. The second kappa shape index (κ2) is 4.25. The second-order valence-corrected chi connectivity index (χ2v) is 4.70. The minimum Gasteiger partial charge on any atom is -0.347 e. The Labute approximate surface area is 102 Å². The Morgan fingerprint density at radius 2 is 1.82 bits per heavy atom. The number of rotatable bonds is 2. The summed E-state index contributed by atoms with van der Waals surface area (Å²) in [4.78, 5) is 0. The maximum absolute atomic E-state index is 8.76. The Hall–Kier alpha value is -1.75. The van der Waals surface area contributed by atoms with Crippen molar-refractivity contribution in [2.75, 3.05) is 0 Å². The molecule has 0 aliphatic heterocycles. The highest BCUT2D eigenvalue weighted by Crippen LogP contribution is 2.31. The number of fused-ring (bicyclic) bond motifs is 1. The monoisotopic (exact) mass is 226 g/mol. The zero-order valence-corrected chi connectivity index (χ0v) is 11.0. The first-order valence-corrected chi connectivity index (χ1v) is 5.99. The van der Waals surface area contributed by atoms with Crippen LogP contribution in [0.25, 0.3) is 10.9 Å². The van der Waals surface area contributed by atoms with Crippen LogP contribution in [0.4, 0.5) is 0 Å². The van der Waals surface area contributed by atoms with Gasteiger partial charge in [-0.1, -0.05) is 12.1 Å². The smallest absolute Gasteiger partial charge is 0.0625 e. The summed E-state index contributed by atoms with van der Waals surface area (Å²) in [6, 6.07) is 6.59. The maximum Gasteiger partial charge on any atom is 0.0625 e. The van der Waals surface area contributed by atoms with Crippen LogP contribution in [0.2, 0.25) is 0 Å². The van der Waals surface area contributed by atoms with Gasteiger partial charge >= 0.3 is 0 Å². The van der Waals surface area contributed by atoms with E-state index in [2.05, 4.69) is 50.6 Å². The number of aryl methyl sites for hydroxylation is 4. The predicted molar refractivity (Wildman–Crippen MR) is 71.1 cm³/mol. The summed E-state index contributed by atoms with van der Waals surface area (Å²) in [7, 11) is 2.11. The van der Waals surface area contributed by atoms with Gasteiger partial charge in [-0.3, -0.25) is 0 Å². The van der Waals surface area contributed by atoms with Crippen LogP contribution in [0.1, 0.15) is 28.8 Å². The fourth-order valence-corrected chi connectivity index (χ4v) is 2.65. The van der Waals surface area contributed by atoms with Gasteiger partial charge in [0.15, 0.2) is 0 Å². The van der Waals surface area contributed by atoms with Gasteiger partial charge in [-0.2, -0.15) is 5.26 Å². The molecule has 2 heteroatoms. The molecule has 0 N–H and O–H groups in total. The summed E-state index contributed by atoms with van der Waals surface area (Å²) in [6.45, 7) is 6.44. The van der Waals surface area contributed by atoms with Gasteiger partial charge in [0.2, 0.25) is 0 Å². The summed E-state index contributed by atoms with van der Waals surface area (Å²) in [5, 5.41) is 10.1. The van der Waals surface area contributed by atoms with E-state index in [4.69, 9.17) is 5.26 Å². The lowest BCUT2D eigenvalue weighted by atomic mass is 10.0. The number of nitrogens with zero attached hydrogens (tertiary/aromatic N) is 2. The Morgan fingerprint density at radius 3 is 2.47 bits per heavy atom. The fourth-order valence-electron chi connectivity index (χ4n) is 2.65. The molecule has 0 radical (unpaired) electrons. The van der Waals surface area contributed by atoms with Crippen molar-refractivity contribution in [3.05, 3.63) is 34.5 Å². The molecule has 0 saturated heterocycles. The molecule has 2 nitrogen and oxygen atoms in total. The minimum absolute atomic E-state index is 0.591. The van der Waals surface area contributed by atoms with Gasteiger partial charge in [0, 0.05) is 24.5 Å². The maximum atomic E-state index is 8.76. The number of aromatic nitrogens is 1. The molecule has 0 amide bonds. The summed E-state index contributed by atoms with van der Waals surface area (Å²) < 4.78 is 2.25. The summed E-state index contributed by atoms with van der Waals surface area (Å²) in [5.74, 6) is 0. The summed E-state index contributed by atoms with van der Waals surface area (Å²) >= 11 is 0. The lowest BCUT2D eigenvalue weighted by Crippen LogP contribution is -1.93. The molecule has 0 fully saturated rings. The van der Waals surface area contributed by atoms with Crippen LogP contribution in [-0.2, 0) is 13.5 Å². The highest BCUT2D eigenvalue weighted by molar-refractivity contribution is 5.91. The normalized spacial score (nSPS) is 10.8. The Balaban J connectivity index is 2.80. The molecule has 0 atom stereocenters. The van der Waals surface area contributed by atoms with E-state index in [0.717, 1.165) is 6.42 Å². The van der Waals surface area contributed by atoms with Crippen LogP contribution in [0, 0.1) is 32.1 Å². The molecule has 0 spiro atoms. The third-order valence-corrected chi connectivity index (χ3v) is 3.65. The Bertz CT molecular complexity index is 612. The average molecular weight is 226 g/mol. The lowest BCUT2D eigenvalue weighted by molar-refractivity contribution is 0.886. The standard InChI is InChI=1S/C15H18N2/c1-10-7-8-11(2)15-14(10)13(6-5-9-16)12(3)17(15)4/h7-8H,5-6H2,1-4H3. The van der Waals surface area contributed by atoms with Crippen LogP contribution < -0.4 is 0 Å². The number of hydrogen-bond acceptors (Lipinski definition) is 1. The molecular formula is C15H18N2. The van der Waals surface area contributed by atoms with Crippen LogP contribution in [0.5, 0.6) is 0 Å². The highest BCUT2D eigenvalue weighted by atomic mass is 14.9. The molecule has 0 saturated carbocycles. The van der Waals surface area contributed by atoms with E-state index in [1.54, 1.807) is 0 Å². The van der Waals surface area contributed by atoms with Crippen molar-refractivity contribution in [1.29, 1.82) is 5.26 Å². The third kappa shape index (κ3) is 1.72. The van der Waals surface area contributed by atoms with E-state index in [-0.39, 0.29) is 0 Å². The molecule has 0 bridgehead atoms. The summed E-state index contributed by atoms with van der Waals surface area (Å²) in [5.41, 5.74) is 6.55. The molecule has 2 aromatic rings. The van der Waals surface area contributed by atoms with E-state index in [1.807, 2.05) is 0 Å². The Kier molecular flexibility index (Phi) is 2.93. The molecule has 17 heavy (non-hydrogen) atoms. The molecular weight excluding hydrogens is 208 g/mol. The van der Waals surface area contributed by atoms with Crippen molar-refractivity contribution in [2.45, 2.75) is 33.6 Å². The van der Waals surface area contributed by atoms with Crippen molar-refractivity contribution < 1.29 is 0 Å². The number of hydrogen-bond donors (Lipinski definition) is 0. The molecule has 1 heterocycles. The van der Waals surface area contributed by atoms with Gasteiger partial charge in [0.1, 0.15) is 0 Å². The van der Waals surface area contributed by atoms with E-state index in [0.29, 0.717) is 6.42 Å². The fraction of sp³-hybridized carbons (Fsp3) is 0.400. The van der Waals surface area contributed by atoms with Crippen molar-refractivity contribution in [2.24, 2.45) is 7.05 Å². The number of benzene rings is 1.